The Morgan fingerprint density at radius 2 is 1.82 bits per heavy atom. The van der Waals surface area contributed by atoms with Gasteiger partial charge in [-0.2, -0.15) is 0 Å². The Hall–Kier alpha value is -4.24. The van der Waals surface area contributed by atoms with Crippen molar-refractivity contribution in [3.8, 4) is 5.75 Å². The van der Waals surface area contributed by atoms with Crippen LogP contribution in [0.25, 0.3) is 12.2 Å². The van der Waals surface area contributed by atoms with Crippen LogP contribution in [-0.4, -0.2) is 35.8 Å². The van der Waals surface area contributed by atoms with Gasteiger partial charge >= 0.3 is 11.9 Å². The third kappa shape index (κ3) is 4.97. The van der Waals surface area contributed by atoms with Crippen LogP contribution in [0.5, 0.6) is 5.75 Å². The molecule has 0 spiro atoms. The lowest BCUT2D eigenvalue weighted by Crippen LogP contribution is -2.40. The Kier molecular flexibility index (Phi) is 7.10. The van der Waals surface area contributed by atoms with Crippen molar-refractivity contribution in [3.63, 3.8) is 0 Å². The largest absolute Gasteiger partial charge is 0.485 e. The zero-order valence-electron chi connectivity index (χ0n) is 22.3. The van der Waals surface area contributed by atoms with Crippen molar-refractivity contribution in [3.05, 3.63) is 102 Å². The first-order valence-corrected chi connectivity index (χ1v) is 13.4. The van der Waals surface area contributed by atoms with Crippen LogP contribution in [0, 0.1) is 0 Å². The number of fused-ring (bicyclic) bond motifs is 2. The minimum atomic E-state index is -0.781. The summed E-state index contributed by atoms with van der Waals surface area (Å²) < 4.78 is 18.4. The lowest BCUT2D eigenvalue weighted by molar-refractivity contribution is -0.143. The fourth-order valence-electron chi connectivity index (χ4n) is 4.67. The van der Waals surface area contributed by atoms with E-state index in [1.54, 1.807) is 45.0 Å². The van der Waals surface area contributed by atoms with E-state index in [0.29, 0.717) is 26.2 Å². The minimum Gasteiger partial charge on any atom is -0.485 e. The van der Waals surface area contributed by atoms with Gasteiger partial charge in [0.15, 0.2) is 4.80 Å². The predicted molar refractivity (Wildman–Crippen MR) is 148 cm³/mol. The number of allylic oxidation sites excluding steroid dienone is 1. The van der Waals surface area contributed by atoms with Gasteiger partial charge in [0.05, 0.1) is 40.6 Å². The molecule has 39 heavy (non-hydrogen) atoms. The standard InChI is InChI=1S/C30H28N2O6S/c1-16(2)37-29(35)25-17(3)31-30-32(26(25)19-10-12-20(13-11-19)28(34)36-5)27(33)24(39-30)15-22-14-21-8-6-7-9-23(21)38-18(22)4/h6-16,18,26H,1-5H3/b24-15-. The number of hydrogen-bond acceptors (Lipinski definition) is 8. The summed E-state index contributed by atoms with van der Waals surface area (Å²) >= 11 is 1.25. The lowest BCUT2D eigenvalue weighted by atomic mass is 9.95. The number of esters is 2. The van der Waals surface area contributed by atoms with Gasteiger partial charge in [-0.05, 0) is 69.2 Å². The third-order valence-corrected chi connectivity index (χ3v) is 7.53. The van der Waals surface area contributed by atoms with Gasteiger partial charge in [0.1, 0.15) is 11.9 Å². The maximum Gasteiger partial charge on any atom is 0.338 e. The topological polar surface area (TPSA) is 96.2 Å². The number of benzene rings is 2. The summed E-state index contributed by atoms with van der Waals surface area (Å²) in [6.45, 7) is 7.20. The van der Waals surface area contributed by atoms with Crippen LogP contribution in [0.1, 0.15) is 55.2 Å². The van der Waals surface area contributed by atoms with E-state index in [9.17, 15) is 14.4 Å². The second kappa shape index (κ2) is 10.5. The molecule has 5 rings (SSSR count). The molecule has 3 heterocycles. The number of ether oxygens (including phenoxy) is 3. The number of hydrogen-bond donors (Lipinski definition) is 0. The first kappa shape index (κ1) is 26.4. The van der Waals surface area contributed by atoms with Crippen molar-refractivity contribution in [1.82, 2.24) is 4.57 Å². The quantitative estimate of drug-likeness (QED) is 0.454. The summed E-state index contributed by atoms with van der Waals surface area (Å²) in [5.74, 6) is -0.227. The van der Waals surface area contributed by atoms with Crippen molar-refractivity contribution < 1.29 is 23.8 Å². The van der Waals surface area contributed by atoms with Crippen molar-refractivity contribution >= 4 is 35.4 Å². The number of nitrogens with zero attached hydrogens (tertiary/aromatic N) is 2. The van der Waals surface area contributed by atoms with Crippen LogP contribution >= 0.6 is 11.3 Å². The van der Waals surface area contributed by atoms with Gasteiger partial charge in [-0.3, -0.25) is 9.36 Å². The summed E-state index contributed by atoms with van der Waals surface area (Å²) in [5, 5.41) is 0. The van der Waals surface area contributed by atoms with E-state index < -0.39 is 18.0 Å². The molecule has 2 aliphatic heterocycles. The van der Waals surface area contributed by atoms with Gasteiger partial charge < -0.3 is 14.2 Å². The van der Waals surface area contributed by atoms with Crippen LogP contribution in [0.3, 0.4) is 0 Å². The molecule has 1 aromatic heterocycles. The highest BCUT2D eigenvalue weighted by Crippen LogP contribution is 2.32. The molecular weight excluding hydrogens is 516 g/mol. The molecule has 2 unspecified atom stereocenters. The van der Waals surface area contributed by atoms with Crippen LogP contribution in [0.2, 0.25) is 0 Å². The van der Waals surface area contributed by atoms with Crippen molar-refractivity contribution in [2.45, 2.75) is 45.9 Å². The van der Waals surface area contributed by atoms with Crippen LogP contribution in [0.4, 0.5) is 0 Å². The Morgan fingerprint density at radius 1 is 1.10 bits per heavy atom. The summed E-state index contributed by atoms with van der Waals surface area (Å²) in [6, 6.07) is 13.6. The second-order valence-electron chi connectivity index (χ2n) is 9.59. The molecule has 9 heteroatoms. The van der Waals surface area contributed by atoms with Gasteiger partial charge in [-0.15, -0.1) is 0 Å². The monoisotopic (exact) mass is 544 g/mol. The number of methoxy groups -OCH3 is 1. The fourth-order valence-corrected chi connectivity index (χ4v) is 5.71. The maximum absolute atomic E-state index is 13.9. The number of rotatable bonds is 5. The smallest absolute Gasteiger partial charge is 0.338 e. The van der Waals surface area contributed by atoms with E-state index in [1.165, 1.54) is 23.0 Å². The normalized spacial score (nSPS) is 18.5. The molecule has 0 radical (unpaired) electrons. The van der Waals surface area contributed by atoms with E-state index in [2.05, 4.69) is 4.99 Å². The summed E-state index contributed by atoms with van der Waals surface area (Å²) in [6.07, 6.45) is 3.24. The molecule has 0 saturated heterocycles. The molecule has 0 saturated carbocycles. The highest BCUT2D eigenvalue weighted by atomic mass is 32.1. The highest BCUT2D eigenvalue weighted by Gasteiger charge is 2.34. The Labute approximate surface area is 229 Å². The molecule has 200 valence electrons. The molecule has 3 aromatic rings. The lowest BCUT2D eigenvalue weighted by Gasteiger charge is -2.25. The summed E-state index contributed by atoms with van der Waals surface area (Å²) in [5.41, 5.74) is 3.26. The zero-order valence-corrected chi connectivity index (χ0v) is 23.1. The van der Waals surface area contributed by atoms with Gasteiger partial charge in [0.2, 0.25) is 0 Å². The maximum atomic E-state index is 13.9. The number of para-hydroxylation sites is 1. The van der Waals surface area contributed by atoms with E-state index in [1.807, 2.05) is 43.3 Å². The average Bonchev–Trinajstić information content (AvgIpc) is 3.21. The first-order chi connectivity index (χ1) is 18.7. The minimum absolute atomic E-state index is 0.251. The SMILES string of the molecule is COC(=O)c1ccc(C2C(C(=O)OC(C)C)=C(C)N=c3s/c(=C\C4=Cc5ccccc5OC4C)c(=O)n32)cc1. The van der Waals surface area contributed by atoms with Crippen molar-refractivity contribution in [1.29, 1.82) is 0 Å². The molecule has 0 N–H and O–H groups in total. The van der Waals surface area contributed by atoms with E-state index in [-0.39, 0.29) is 23.3 Å². The zero-order chi connectivity index (χ0) is 27.8. The van der Waals surface area contributed by atoms with E-state index in [0.717, 1.165) is 16.9 Å². The van der Waals surface area contributed by atoms with E-state index in [4.69, 9.17) is 14.2 Å². The predicted octanol–water partition coefficient (Wildman–Crippen LogP) is 3.79. The molecule has 2 atom stereocenters. The van der Waals surface area contributed by atoms with Crippen molar-refractivity contribution in [2.75, 3.05) is 7.11 Å². The number of carbonyl (C=O) groups is 2. The molecule has 0 aliphatic carbocycles. The second-order valence-corrected chi connectivity index (χ2v) is 10.6. The number of thiazole rings is 1. The summed E-state index contributed by atoms with van der Waals surface area (Å²) in [7, 11) is 1.31. The highest BCUT2D eigenvalue weighted by molar-refractivity contribution is 7.07. The summed E-state index contributed by atoms with van der Waals surface area (Å²) in [4.78, 5) is 44.3. The first-order valence-electron chi connectivity index (χ1n) is 12.6. The molecule has 0 bridgehead atoms. The molecule has 0 amide bonds. The van der Waals surface area contributed by atoms with Gasteiger partial charge in [0.25, 0.3) is 5.56 Å². The molecule has 0 fully saturated rings. The molecule has 8 nitrogen and oxygen atoms in total. The van der Waals surface area contributed by atoms with Crippen LogP contribution in [-0.2, 0) is 14.3 Å². The average molecular weight is 545 g/mol. The third-order valence-electron chi connectivity index (χ3n) is 6.54. The van der Waals surface area contributed by atoms with Gasteiger partial charge in [-0.25, -0.2) is 14.6 Å². The number of carbonyl (C=O) groups excluding carboxylic acids is 2. The van der Waals surface area contributed by atoms with Gasteiger partial charge in [0, 0.05) is 5.56 Å². The fraction of sp³-hybridized carbons (Fsp3) is 0.267. The Bertz CT molecular complexity index is 1710. The molecule has 2 aliphatic rings. The van der Waals surface area contributed by atoms with E-state index >= 15 is 0 Å². The van der Waals surface area contributed by atoms with Crippen LogP contribution < -0.4 is 19.6 Å². The van der Waals surface area contributed by atoms with Gasteiger partial charge in [-0.1, -0.05) is 41.7 Å². The Morgan fingerprint density at radius 3 is 2.51 bits per heavy atom. The Balaban J connectivity index is 1.67. The molecular formula is C30H28N2O6S. The van der Waals surface area contributed by atoms with Crippen LogP contribution in [0.15, 0.2) is 75.2 Å². The number of aromatic nitrogens is 1. The molecule has 2 aromatic carbocycles. The van der Waals surface area contributed by atoms with Crippen molar-refractivity contribution in [2.24, 2.45) is 4.99 Å².